The average molecular weight is 319 g/mol. The average Bonchev–Trinajstić information content (AvgIpc) is 2.58. The summed E-state index contributed by atoms with van der Waals surface area (Å²) in [5, 5.41) is 8.09. The highest BCUT2D eigenvalue weighted by atomic mass is 16.5. The van der Waals surface area contributed by atoms with Crippen molar-refractivity contribution in [3.63, 3.8) is 0 Å². The zero-order valence-electron chi connectivity index (χ0n) is 13.0. The van der Waals surface area contributed by atoms with Crippen LogP contribution in [0.1, 0.15) is 15.9 Å². The van der Waals surface area contributed by atoms with Crippen LogP contribution < -0.4 is 16.0 Å². The number of benzene rings is 2. The molecule has 2 aromatic carbocycles. The Kier molecular flexibility index (Phi) is 4.43. The van der Waals surface area contributed by atoms with Crippen molar-refractivity contribution in [3.8, 4) is 11.5 Å². The van der Waals surface area contributed by atoms with Gasteiger partial charge in [0.1, 0.15) is 17.0 Å². The van der Waals surface area contributed by atoms with Gasteiger partial charge in [-0.25, -0.2) is 0 Å². The van der Waals surface area contributed by atoms with E-state index in [1.165, 1.54) is 0 Å². The Balaban J connectivity index is 1.84. The van der Waals surface area contributed by atoms with Gasteiger partial charge in [0.05, 0.1) is 5.56 Å². The fourth-order valence-corrected chi connectivity index (χ4v) is 2.41. The van der Waals surface area contributed by atoms with E-state index in [1.807, 2.05) is 54.6 Å². The second kappa shape index (κ2) is 6.83. The smallest absolute Gasteiger partial charge is 0.252 e. The van der Waals surface area contributed by atoms with E-state index < -0.39 is 5.91 Å². The molecule has 0 unspecified atom stereocenters. The van der Waals surface area contributed by atoms with Crippen molar-refractivity contribution in [2.75, 3.05) is 0 Å². The summed E-state index contributed by atoms with van der Waals surface area (Å²) < 4.78 is 7.49. The summed E-state index contributed by atoms with van der Waals surface area (Å²) in [4.78, 5) is 11.4. The minimum absolute atomic E-state index is 0.0966. The third-order valence-corrected chi connectivity index (χ3v) is 3.57. The highest BCUT2D eigenvalue weighted by Gasteiger charge is 2.06. The zero-order chi connectivity index (χ0) is 16.9. The van der Waals surface area contributed by atoms with Gasteiger partial charge in [-0.05, 0) is 42.0 Å². The monoisotopic (exact) mass is 319 g/mol. The molecule has 0 aliphatic carbocycles. The summed E-state index contributed by atoms with van der Waals surface area (Å²) in [7, 11) is 0. The highest BCUT2D eigenvalue weighted by molar-refractivity contribution is 5.92. The number of ether oxygens (including phenoxy) is 1. The predicted octanol–water partition coefficient (Wildman–Crippen LogP) is 2.91. The van der Waals surface area contributed by atoms with Crippen molar-refractivity contribution >= 4 is 5.91 Å². The first kappa shape index (κ1) is 15.6. The number of aromatic nitrogens is 1. The lowest BCUT2D eigenvalue weighted by atomic mass is 10.2. The molecule has 0 aliphatic heterocycles. The van der Waals surface area contributed by atoms with E-state index in [9.17, 15) is 4.79 Å². The first-order chi connectivity index (χ1) is 11.6. The van der Waals surface area contributed by atoms with Crippen LogP contribution in [0.5, 0.6) is 11.5 Å². The van der Waals surface area contributed by atoms with Crippen LogP contribution >= 0.6 is 0 Å². The van der Waals surface area contributed by atoms with Crippen LogP contribution in [0, 0.1) is 5.41 Å². The number of hydrogen-bond acceptors (Lipinski definition) is 3. The molecule has 1 aromatic heterocycles. The van der Waals surface area contributed by atoms with Crippen LogP contribution in [0.3, 0.4) is 0 Å². The Morgan fingerprint density at radius 1 is 1.00 bits per heavy atom. The standard InChI is InChI=1S/C19H17N3O2/c20-18-17(19(21)23)10-5-11-22(18)13-14-6-4-9-16(12-14)24-15-7-2-1-3-8-15/h1-12,20H,13H2,(H2,21,23). The molecular formula is C19H17N3O2. The van der Waals surface area contributed by atoms with Gasteiger partial charge in [-0.2, -0.15) is 0 Å². The van der Waals surface area contributed by atoms with Gasteiger partial charge in [-0.15, -0.1) is 0 Å². The maximum Gasteiger partial charge on any atom is 0.252 e. The number of pyridine rings is 1. The summed E-state index contributed by atoms with van der Waals surface area (Å²) in [6, 6.07) is 20.4. The van der Waals surface area contributed by atoms with Crippen LogP contribution in [0.2, 0.25) is 0 Å². The van der Waals surface area contributed by atoms with Crippen LogP contribution in [0.4, 0.5) is 0 Å². The van der Waals surface area contributed by atoms with E-state index in [2.05, 4.69) is 0 Å². The van der Waals surface area contributed by atoms with Gasteiger partial charge >= 0.3 is 0 Å². The Morgan fingerprint density at radius 2 is 1.75 bits per heavy atom. The highest BCUT2D eigenvalue weighted by Crippen LogP contribution is 2.22. The van der Waals surface area contributed by atoms with Gasteiger partial charge in [-0.3, -0.25) is 10.2 Å². The number of para-hydroxylation sites is 1. The number of rotatable bonds is 5. The van der Waals surface area contributed by atoms with Gasteiger partial charge in [-0.1, -0.05) is 30.3 Å². The zero-order valence-corrected chi connectivity index (χ0v) is 13.0. The molecule has 1 heterocycles. The first-order valence-corrected chi connectivity index (χ1v) is 7.49. The fourth-order valence-electron chi connectivity index (χ4n) is 2.41. The third-order valence-electron chi connectivity index (χ3n) is 3.57. The molecule has 120 valence electrons. The first-order valence-electron chi connectivity index (χ1n) is 7.49. The lowest BCUT2D eigenvalue weighted by molar-refractivity contribution is 0.0998. The topological polar surface area (TPSA) is 81.1 Å². The van der Waals surface area contributed by atoms with Gasteiger partial charge in [0.25, 0.3) is 5.91 Å². The Morgan fingerprint density at radius 3 is 2.50 bits per heavy atom. The van der Waals surface area contributed by atoms with Crippen molar-refractivity contribution in [2.24, 2.45) is 5.73 Å². The summed E-state index contributed by atoms with van der Waals surface area (Å²) in [6.45, 7) is 0.450. The normalized spacial score (nSPS) is 10.3. The lowest BCUT2D eigenvalue weighted by Gasteiger charge is -2.11. The Labute approximate surface area is 139 Å². The van der Waals surface area contributed by atoms with E-state index in [0.717, 1.165) is 17.1 Å². The number of amides is 1. The molecule has 3 rings (SSSR count). The maximum absolute atomic E-state index is 11.4. The lowest BCUT2D eigenvalue weighted by Crippen LogP contribution is -2.29. The molecule has 0 aliphatic rings. The van der Waals surface area contributed by atoms with E-state index in [-0.39, 0.29) is 11.1 Å². The molecule has 0 radical (unpaired) electrons. The molecule has 0 bridgehead atoms. The van der Waals surface area contributed by atoms with Crippen LogP contribution in [0.15, 0.2) is 72.9 Å². The quantitative estimate of drug-likeness (QED) is 0.758. The van der Waals surface area contributed by atoms with Gasteiger partial charge in [0.15, 0.2) is 0 Å². The SMILES string of the molecule is N=c1c(C(N)=O)cccn1Cc1cccc(Oc2ccccc2)c1. The van der Waals surface area contributed by atoms with E-state index in [0.29, 0.717) is 6.54 Å². The molecule has 3 aromatic rings. The molecule has 0 atom stereocenters. The summed E-state index contributed by atoms with van der Waals surface area (Å²) in [5.41, 5.74) is 6.56. The Bertz CT molecular complexity index is 917. The molecule has 5 heteroatoms. The third kappa shape index (κ3) is 3.52. The molecule has 24 heavy (non-hydrogen) atoms. The van der Waals surface area contributed by atoms with E-state index >= 15 is 0 Å². The van der Waals surface area contributed by atoms with Crippen LogP contribution in [-0.2, 0) is 6.54 Å². The molecule has 5 nitrogen and oxygen atoms in total. The van der Waals surface area contributed by atoms with Crippen molar-refractivity contribution in [3.05, 3.63) is 89.5 Å². The molecule has 3 N–H and O–H groups in total. The van der Waals surface area contributed by atoms with Crippen LogP contribution in [0.25, 0.3) is 0 Å². The minimum Gasteiger partial charge on any atom is -0.457 e. The van der Waals surface area contributed by atoms with Crippen molar-refractivity contribution in [1.82, 2.24) is 4.57 Å². The molecule has 0 saturated heterocycles. The van der Waals surface area contributed by atoms with Gasteiger partial charge in [0.2, 0.25) is 0 Å². The number of nitrogens with one attached hydrogen (secondary N) is 1. The van der Waals surface area contributed by atoms with Crippen LogP contribution in [-0.4, -0.2) is 10.5 Å². The summed E-state index contributed by atoms with van der Waals surface area (Å²) in [6.07, 6.45) is 1.75. The number of nitrogens with zero attached hydrogens (tertiary/aromatic N) is 1. The van der Waals surface area contributed by atoms with Crippen molar-refractivity contribution in [2.45, 2.75) is 6.54 Å². The van der Waals surface area contributed by atoms with E-state index in [4.69, 9.17) is 15.9 Å². The van der Waals surface area contributed by atoms with Gasteiger partial charge < -0.3 is 15.0 Å². The number of carbonyl (C=O) groups excluding carboxylic acids is 1. The molecule has 0 fully saturated rings. The maximum atomic E-state index is 11.4. The number of carbonyl (C=O) groups is 1. The van der Waals surface area contributed by atoms with Crippen molar-refractivity contribution in [1.29, 1.82) is 5.41 Å². The molecule has 0 spiro atoms. The predicted molar refractivity (Wildman–Crippen MR) is 90.9 cm³/mol. The fraction of sp³-hybridized carbons (Fsp3) is 0.0526. The van der Waals surface area contributed by atoms with Crippen molar-refractivity contribution < 1.29 is 9.53 Å². The number of primary amides is 1. The number of nitrogens with two attached hydrogens (primary N) is 1. The number of hydrogen-bond donors (Lipinski definition) is 2. The minimum atomic E-state index is -0.601. The second-order valence-corrected chi connectivity index (χ2v) is 5.33. The summed E-state index contributed by atoms with van der Waals surface area (Å²) >= 11 is 0. The molecular weight excluding hydrogens is 302 g/mol. The largest absolute Gasteiger partial charge is 0.457 e. The van der Waals surface area contributed by atoms with E-state index in [1.54, 1.807) is 22.9 Å². The molecule has 1 amide bonds. The second-order valence-electron chi connectivity index (χ2n) is 5.33. The summed E-state index contributed by atoms with van der Waals surface area (Å²) in [5.74, 6) is 0.881. The Hall–Kier alpha value is -3.34. The van der Waals surface area contributed by atoms with Gasteiger partial charge in [0, 0.05) is 12.7 Å². The molecule has 0 saturated carbocycles.